The van der Waals surface area contributed by atoms with Crippen LogP contribution in [0.3, 0.4) is 0 Å². The van der Waals surface area contributed by atoms with Gasteiger partial charge in [0.05, 0.1) is 5.97 Å². The number of rotatable bonds is 29. The average Bonchev–Trinajstić information content (AvgIpc) is 2.85. The number of carbonyl (C=O) groups excluding carboxylic acids is 1. The molecule has 0 aromatic rings. The van der Waals surface area contributed by atoms with E-state index in [0.29, 0.717) is 0 Å². The quantitative estimate of drug-likeness (QED) is 0.0873. The van der Waals surface area contributed by atoms with E-state index in [2.05, 4.69) is 25.7 Å². The molecule has 1 unspecified atom stereocenters. The average molecular weight is 518 g/mol. The van der Waals surface area contributed by atoms with E-state index in [1.165, 1.54) is 128 Å². The standard InChI is InChI=1S/C32H65NO2.Na/c1-4-7-10-12-14-16-18-20-22-24-26-29-33(31(32(34)35)28-9-6-3)30-27-25-23-21-19-17-15-13-11-8-5-2;/h31H,4-30H2,1-3H3,(H,34,35);/q;+1/p-1. The summed E-state index contributed by atoms with van der Waals surface area (Å²) in [5.74, 6) is -0.857. The first-order valence-electron chi connectivity index (χ1n) is 16.1. The Kier molecular flexibility index (Phi) is 33.9. The Morgan fingerprint density at radius 3 is 1.06 bits per heavy atom. The third-order valence-corrected chi connectivity index (χ3v) is 7.64. The van der Waals surface area contributed by atoms with Gasteiger partial charge in [-0.15, -0.1) is 0 Å². The Hall–Kier alpha value is 0.430. The summed E-state index contributed by atoms with van der Waals surface area (Å²) in [6, 6.07) is -0.388. The Bertz CT molecular complexity index is 406. The molecule has 1 atom stereocenters. The second-order valence-electron chi connectivity index (χ2n) is 11.1. The molecule has 4 heteroatoms. The van der Waals surface area contributed by atoms with Gasteiger partial charge in [0, 0.05) is 6.04 Å². The number of carbonyl (C=O) groups is 1. The molecule has 0 fully saturated rings. The van der Waals surface area contributed by atoms with Crippen molar-refractivity contribution in [2.45, 2.75) is 187 Å². The predicted molar refractivity (Wildman–Crippen MR) is 153 cm³/mol. The van der Waals surface area contributed by atoms with E-state index in [1.807, 2.05) is 0 Å². The van der Waals surface area contributed by atoms with Gasteiger partial charge in [-0.25, -0.2) is 0 Å². The first kappa shape index (κ1) is 38.6. The van der Waals surface area contributed by atoms with E-state index in [0.717, 1.165) is 45.2 Å². The van der Waals surface area contributed by atoms with E-state index in [-0.39, 0.29) is 35.6 Å². The smallest absolute Gasteiger partial charge is 0.548 e. The van der Waals surface area contributed by atoms with Gasteiger partial charge < -0.3 is 9.90 Å². The molecule has 0 aliphatic rings. The molecule has 0 spiro atoms. The number of carboxylic acids is 1. The number of hydrogen-bond acceptors (Lipinski definition) is 3. The Labute approximate surface area is 249 Å². The number of unbranched alkanes of at least 4 members (excludes halogenated alkanes) is 21. The number of hydrogen-bond donors (Lipinski definition) is 0. The first-order chi connectivity index (χ1) is 17.2. The summed E-state index contributed by atoms with van der Waals surface area (Å²) in [7, 11) is 0. The molecule has 0 saturated heterocycles. The van der Waals surface area contributed by atoms with Crippen LogP contribution in [0.1, 0.15) is 181 Å². The molecule has 0 N–H and O–H groups in total. The fourth-order valence-corrected chi connectivity index (χ4v) is 5.23. The largest absolute Gasteiger partial charge is 1.00 e. The Balaban J connectivity index is 0. The van der Waals surface area contributed by atoms with Crippen LogP contribution in [0.2, 0.25) is 0 Å². The van der Waals surface area contributed by atoms with Crippen molar-refractivity contribution in [3.63, 3.8) is 0 Å². The summed E-state index contributed by atoms with van der Waals surface area (Å²) < 4.78 is 0. The Morgan fingerprint density at radius 2 is 0.778 bits per heavy atom. The van der Waals surface area contributed by atoms with E-state index in [4.69, 9.17) is 0 Å². The molecule has 210 valence electrons. The maximum atomic E-state index is 11.9. The molecule has 0 radical (unpaired) electrons. The van der Waals surface area contributed by atoms with Crippen LogP contribution in [0, 0.1) is 0 Å². The van der Waals surface area contributed by atoms with Crippen LogP contribution in [0.15, 0.2) is 0 Å². The van der Waals surface area contributed by atoms with Crippen LogP contribution in [-0.2, 0) is 4.79 Å². The van der Waals surface area contributed by atoms with Crippen LogP contribution in [-0.4, -0.2) is 30.0 Å². The van der Waals surface area contributed by atoms with Crippen molar-refractivity contribution in [3.8, 4) is 0 Å². The van der Waals surface area contributed by atoms with Crippen LogP contribution in [0.25, 0.3) is 0 Å². The molecule has 0 heterocycles. The summed E-state index contributed by atoms with van der Waals surface area (Å²) in [4.78, 5) is 14.2. The van der Waals surface area contributed by atoms with Gasteiger partial charge in [-0.05, 0) is 32.4 Å². The molecule has 0 rings (SSSR count). The van der Waals surface area contributed by atoms with E-state index < -0.39 is 5.97 Å². The summed E-state index contributed by atoms with van der Waals surface area (Å²) in [6.07, 6.45) is 32.1. The van der Waals surface area contributed by atoms with Crippen molar-refractivity contribution in [1.82, 2.24) is 4.90 Å². The van der Waals surface area contributed by atoms with Crippen molar-refractivity contribution in [2.75, 3.05) is 13.1 Å². The van der Waals surface area contributed by atoms with Crippen LogP contribution < -0.4 is 34.7 Å². The second-order valence-corrected chi connectivity index (χ2v) is 11.1. The molecule has 0 saturated carbocycles. The van der Waals surface area contributed by atoms with Crippen molar-refractivity contribution in [3.05, 3.63) is 0 Å². The molecule has 3 nitrogen and oxygen atoms in total. The second kappa shape index (κ2) is 31.6. The van der Waals surface area contributed by atoms with Crippen molar-refractivity contribution < 1.29 is 39.5 Å². The van der Waals surface area contributed by atoms with E-state index in [1.54, 1.807) is 0 Å². The molecular weight excluding hydrogens is 453 g/mol. The van der Waals surface area contributed by atoms with Gasteiger partial charge in [0.2, 0.25) is 0 Å². The van der Waals surface area contributed by atoms with Gasteiger partial charge in [-0.3, -0.25) is 4.90 Å². The monoisotopic (exact) mass is 517 g/mol. The normalized spacial score (nSPS) is 12.1. The van der Waals surface area contributed by atoms with Crippen molar-refractivity contribution in [2.24, 2.45) is 0 Å². The zero-order valence-corrected chi connectivity index (χ0v) is 27.4. The van der Waals surface area contributed by atoms with Gasteiger partial charge in [0.25, 0.3) is 0 Å². The summed E-state index contributed by atoms with van der Waals surface area (Å²) >= 11 is 0. The Morgan fingerprint density at radius 1 is 0.500 bits per heavy atom. The van der Waals surface area contributed by atoms with Gasteiger partial charge >= 0.3 is 29.6 Å². The fourth-order valence-electron chi connectivity index (χ4n) is 5.23. The van der Waals surface area contributed by atoms with Crippen molar-refractivity contribution >= 4 is 5.97 Å². The number of nitrogens with zero attached hydrogens (tertiary/aromatic N) is 1. The van der Waals surface area contributed by atoms with Crippen LogP contribution >= 0.6 is 0 Å². The summed E-state index contributed by atoms with van der Waals surface area (Å²) in [5, 5.41) is 11.9. The van der Waals surface area contributed by atoms with E-state index in [9.17, 15) is 9.90 Å². The van der Waals surface area contributed by atoms with Crippen LogP contribution in [0.5, 0.6) is 0 Å². The van der Waals surface area contributed by atoms with E-state index >= 15 is 0 Å². The predicted octanol–water partition coefficient (Wildman–Crippen LogP) is 6.22. The number of carboxylic acid groups (broad SMARTS) is 1. The molecular formula is C32H64NNaO2. The minimum absolute atomic E-state index is 0. The zero-order chi connectivity index (χ0) is 25.8. The molecule has 0 aliphatic carbocycles. The zero-order valence-electron chi connectivity index (χ0n) is 25.4. The molecule has 0 aromatic carbocycles. The summed E-state index contributed by atoms with van der Waals surface area (Å²) in [6.45, 7) is 8.55. The van der Waals surface area contributed by atoms with Crippen molar-refractivity contribution in [1.29, 1.82) is 0 Å². The molecule has 0 aliphatic heterocycles. The first-order valence-corrected chi connectivity index (χ1v) is 16.1. The third-order valence-electron chi connectivity index (χ3n) is 7.64. The SMILES string of the molecule is CCCCCCCCCCCCCN(CCCCCCCCCCCCC)C(CCCC)C(=O)[O-].[Na+]. The van der Waals surface area contributed by atoms with Gasteiger partial charge in [0.1, 0.15) is 0 Å². The van der Waals surface area contributed by atoms with Gasteiger partial charge in [-0.1, -0.05) is 162 Å². The molecule has 0 bridgehead atoms. The van der Waals surface area contributed by atoms with Gasteiger partial charge in [0.15, 0.2) is 0 Å². The van der Waals surface area contributed by atoms with Crippen LogP contribution in [0.4, 0.5) is 0 Å². The summed E-state index contributed by atoms with van der Waals surface area (Å²) in [5.41, 5.74) is 0. The maximum absolute atomic E-state index is 11.9. The minimum Gasteiger partial charge on any atom is -0.548 e. The molecule has 36 heavy (non-hydrogen) atoms. The number of aliphatic carboxylic acids is 1. The molecule has 0 amide bonds. The maximum Gasteiger partial charge on any atom is 1.00 e. The topological polar surface area (TPSA) is 43.4 Å². The third kappa shape index (κ3) is 26.1. The van der Waals surface area contributed by atoms with Gasteiger partial charge in [-0.2, -0.15) is 0 Å². The fraction of sp³-hybridized carbons (Fsp3) is 0.969. The molecule has 0 aromatic heterocycles. The minimum atomic E-state index is -0.857.